The van der Waals surface area contributed by atoms with E-state index in [1.54, 1.807) is 0 Å². The van der Waals surface area contributed by atoms with Crippen LogP contribution in [0, 0.1) is 0 Å². The number of ether oxygens (including phenoxy) is 8. The Bertz CT molecular complexity index is 2590. The predicted octanol–water partition coefficient (Wildman–Crippen LogP) is 15.4. The Morgan fingerprint density at radius 2 is 0.556 bits per heavy atom. The molecule has 8 rings (SSSR count). The van der Waals surface area contributed by atoms with Gasteiger partial charge in [-0.05, 0) is 234 Å². The lowest BCUT2D eigenvalue weighted by Gasteiger charge is -2.29. The van der Waals surface area contributed by atoms with Gasteiger partial charge in [0, 0.05) is 51.7 Å². The van der Waals surface area contributed by atoms with Crippen LogP contribution in [0.5, 0.6) is 23.0 Å². The topological polar surface area (TPSA) is 142 Å². The molecule has 4 aliphatic heterocycles. The first kappa shape index (κ1) is 72.5. The fourth-order valence-electron chi connectivity index (χ4n) is 11.5. The molecule has 4 saturated heterocycles. The van der Waals surface area contributed by atoms with Crippen molar-refractivity contribution in [1.82, 2.24) is 0 Å². The number of benzene rings is 4. The SMILES string of the molecule is C=CCc1cc(-c2cc(CC=C)c(OCC3CO3)c(CC=C)c2)cc(CC=C)c1OCC1CO1.CCCCc1cc(-c2cc(CCC[Si](OCC)(OCC)OCC)c(OCC3CO3)c(CCC[Si](OCC)(OCC)OCC)c2)cc(CCCC)c1OCC1CO1. The number of rotatable bonds is 48. The normalized spacial score (nSPS) is 17.2. The summed E-state index contributed by atoms with van der Waals surface area (Å²) in [5.74, 6) is 3.85. The standard InChI is InChI=1S/C44H74O10Si2.C30H34O4/c1-9-17-21-35-27-39(28-36(22-18-10-2)43(35)47-33-41-31-45-41)40-29-37(23-19-25-55(49-11-3,50-12-4)51-13-5)44(48-34-42-32-46-42)38(30-40)24-20-26-56(52-14-6,53-15-7)54-16-8;1-5-9-21-13-25(14-22(10-6-2)29(21)33-19-27-17-31-27)26-15-23(11-7-3)30(24(16-26)12-8-4)34-20-28-18-32-28/h27-30,41-42H,9-26,31-34H2,1-8H3;5-8,13-16,27-28H,1-4,9-12,17-20H2. The van der Waals surface area contributed by atoms with Gasteiger partial charge < -0.3 is 64.5 Å². The van der Waals surface area contributed by atoms with E-state index in [1.807, 2.05) is 65.8 Å². The minimum atomic E-state index is -2.83. The molecule has 0 spiro atoms. The summed E-state index contributed by atoms with van der Waals surface area (Å²) in [6, 6.07) is 19.8. The number of unbranched alkanes of at least 4 members (excludes halogenated alkanes) is 2. The van der Waals surface area contributed by atoms with Gasteiger partial charge in [-0.3, -0.25) is 0 Å². The molecular formula is C74H108O14Si2. The van der Waals surface area contributed by atoms with Crippen LogP contribution in [0.1, 0.15) is 138 Å². The molecule has 496 valence electrons. The quantitative estimate of drug-likeness (QED) is 0.0235. The second-order valence-corrected chi connectivity index (χ2v) is 28.9. The van der Waals surface area contributed by atoms with Crippen LogP contribution in [-0.4, -0.2) is 135 Å². The van der Waals surface area contributed by atoms with Crippen molar-refractivity contribution in [2.45, 2.75) is 182 Å². The molecule has 4 fully saturated rings. The van der Waals surface area contributed by atoms with Crippen LogP contribution in [0.15, 0.2) is 99.2 Å². The third-order valence-corrected chi connectivity index (χ3v) is 22.3. The van der Waals surface area contributed by atoms with Crippen molar-refractivity contribution in [1.29, 1.82) is 0 Å². The molecule has 0 amide bonds. The van der Waals surface area contributed by atoms with Gasteiger partial charge in [-0.2, -0.15) is 0 Å². The Labute approximate surface area is 542 Å². The molecule has 90 heavy (non-hydrogen) atoms. The van der Waals surface area contributed by atoms with E-state index < -0.39 is 17.6 Å². The summed E-state index contributed by atoms with van der Waals surface area (Å²) in [5, 5.41) is 0. The lowest BCUT2D eigenvalue weighted by atomic mass is 9.90. The second-order valence-electron chi connectivity index (χ2n) is 23.4. The Morgan fingerprint density at radius 3 is 0.756 bits per heavy atom. The smallest absolute Gasteiger partial charge is 0.490 e. The summed E-state index contributed by atoms with van der Waals surface area (Å²) in [7, 11) is -5.66. The molecule has 0 saturated carbocycles. The summed E-state index contributed by atoms with van der Waals surface area (Å²) >= 11 is 0. The Hall–Kier alpha value is -4.93. The third-order valence-electron chi connectivity index (χ3n) is 16.0. The highest BCUT2D eigenvalue weighted by Gasteiger charge is 2.41. The van der Waals surface area contributed by atoms with Gasteiger partial charge in [0.15, 0.2) is 0 Å². The molecule has 4 heterocycles. The van der Waals surface area contributed by atoms with E-state index in [0.717, 1.165) is 185 Å². The van der Waals surface area contributed by atoms with Gasteiger partial charge >= 0.3 is 17.6 Å². The van der Waals surface area contributed by atoms with Crippen LogP contribution in [0.4, 0.5) is 0 Å². The van der Waals surface area contributed by atoms with E-state index in [-0.39, 0.29) is 24.4 Å². The highest BCUT2D eigenvalue weighted by atomic mass is 28.4. The largest absolute Gasteiger partial charge is 0.500 e. The van der Waals surface area contributed by atoms with Gasteiger partial charge in [0.2, 0.25) is 0 Å². The molecule has 14 nitrogen and oxygen atoms in total. The van der Waals surface area contributed by atoms with Crippen LogP contribution >= 0.6 is 0 Å². The molecule has 0 radical (unpaired) electrons. The highest BCUT2D eigenvalue weighted by molar-refractivity contribution is 6.61. The molecule has 0 aliphatic carbocycles. The van der Waals surface area contributed by atoms with Crippen molar-refractivity contribution < 1.29 is 64.5 Å². The first-order chi connectivity index (χ1) is 44.0. The molecule has 0 bridgehead atoms. The Balaban J connectivity index is 0.000000288. The first-order valence-corrected chi connectivity index (χ1v) is 37.7. The molecule has 4 atom stereocenters. The van der Waals surface area contributed by atoms with Gasteiger partial charge in [0.05, 0.1) is 26.4 Å². The van der Waals surface area contributed by atoms with E-state index in [1.165, 1.54) is 33.4 Å². The fourth-order valence-corrected chi connectivity index (χ4v) is 16.7. The number of hydrogen-bond acceptors (Lipinski definition) is 14. The summed E-state index contributed by atoms with van der Waals surface area (Å²) in [6.07, 6.45) is 21.0. The van der Waals surface area contributed by atoms with E-state index in [0.29, 0.717) is 66.1 Å². The van der Waals surface area contributed by atoms with E-state index in [2.05, 4.69) is 88.7 Å². The zero-order chi connectivity index (χ0) is 64.1. The summed E-state index contributed by atoms with van der Waals surface area (Å²) in [5.41, 5.74) is 14.1. The van der Waals surface area contributed by atoms with E-state index in [9.17, 15) is 0 Å². The average molecular weight is 1280 g/mol. The third kappa shape index (κ3) is 22.7. The maximum Gasteiger partial charge on any atom is 0.500 e. The van der Waals surface area contributed by atoms with Crippen molar-refractivity contribution in [2.75, 3.05) is 92.5 Å². The lowest BCUT2D eigenvalue weighted by Crippen LogP contribution is -2.46. The fraction of sp³-hybridized carbons (Fsp3) is 0.568. The summed E-state index contributed by atoms with van der Waals surface area (Å²) in [6.45, 7) is 41.1. The zero-order valence-corrected chi connectivity index (χ0v) is 58.0. The molecule has 4 aromatic rings. The number of aryl methyl sites for hydroxylation is 4. The average Bonchev–Trinajstić information content (AvgIpc) is 1.84. The lowest BCUT2D eigenvalue weighted by molar-refractivity contribution is 0.0700. The van der Waals surface area contributed by atoms with Gasteiger partial charge in [0.1, 0.15) is 73.8 Å². The van der Waals surface area contributed by atoms with Crippen molar-refractivity contribution in [3.8, 4) is 45.3 Å². The molecule has 4 unspecified atom stereocenters. The predicted molar refractivity (Wildman–Crippen MR) is 365 cm³/mol. The van der Waals surface area contributed by atoms with E-state index in [4.69, 9.17) is 64.5 Å². The molecule has 0 N–H and O–H groups in total. The maximum absolute atomic E-state index is 6.74. The van der Waals surface area contributed by atoms with Gasteiger partial charge in [-0.25, -0.2) is 0 Å². The van der Waals surface area contributed by atoms with Crippen LogP contribution in [0.3, 0.4) is 0 Å². The van der Waals surface area contributed by atoms with Crippen molar-refractivity contribution in [3.63, 3.8) is 0 Å². The number of allylic oxidation sites excluding steroid dienone is 4. The number of epoxide rings is 4. The van der Waals surface area contributed by atoms with Crippen molar-refractivity contribution >= 4 is 17.6 Å². The maximum atomic E-state index is 6.74. The molecule has 0 aromatic heterocycles. The van der Waals surface area contributed by atoms with Crippen molar-refractivity contribution in [3.05, 3.63) is 144 Å². The summed E-state index contributed by atoms with van der Waals surface area (Å²) < 4.78 is 85.2. The minimum Gasteiger partial charge on any atom is -0.490 e. The van der Waals surface area contributed by atoms with Crippen LogP contribution in [0.25, 0.3) is 22.3 Å². The van der Waals surface area contributed by atoms with Crippen molar-refractivity contribution in [2.24, 2.45) is 0 Å². The minimum absolute atomic E-state index is 0.133. The van der Waals surface area contributed by atoms with Crippen LogP contribution in [-0.2, 0) is 96.9 Å². The van der Waals surface area contributed by atoms with E-state index >= 15 is 0 Å². The molecule has 16 heteroatoms. The molecule has 4 aliphatic rings. The Morgan fingerprint density at radius 1 is 0.344 bits per heavy atom. The van der Waals surface area contributed by atoms with Gasteiger partial charge in [-0.1, -0.05) is 51.0 Å². The monoisotopic (exact) mass is 1280 g/mol. The number of hydrogen-bond donors (Lipinski definition) is 0. The molecule has 4 aromatic carbocycles. The molecular weight excluding hydrogens is 1170 g/mol. The van der Waals surface area contributed by atoms with Crippen LogP contribution in [0.2, 0.25) is 12.1 Å². The Kier molecular flexibility index (Phi) is 30.9. The van der Waals surface area contributed by atoms with Gasteiger partial charge in [-0.15, -0.1) is 26.3 Å². The summed E-state index contributed by atoms with van der Waals surface area (Å²) in [4.78, 5) is 0. The van der Waals surface area contributed by atoms with Gasteiger partial charge in [0.25, 0.3) is 0 Å². The highest BCUT2D eigenvalue weighted by Crippen LogP contribution is 2.41. The second kappa shape index (κ2) is 38.3. The zero-order valence-electron chi connectivity index (χ0n) is 56.0. The van der Waals surface area contributed by atoms with Crippen LogP contribution < -0.4 is 18.9 Å². The first-order valence-electron chi connectivity index (χ1n) is 33.9.